The van der Waals surface area contributed by atoms with Crippen LogP contribution in [0.25, 0.3) is 0 Å². The molecule has 0 saturated carbocycles. The summed E-state index contributed by atoms with van der Waals surface area (Å²) in [6, 6.07) is 4.04. The van der Waals surface area contributed by atoms with Crippen LogP contribution in [0.1, 0.15) is 32.3 Å². The number of hydrogen-bond acceptors (Lipinski definition) is 1. The lowest BCUT2D eigenvalue weighted by molar-refractivity contribution is 0.444. The van der Waals surface area contributed by atoms with Crippen LogP contribution in [0.2, 0.25) is 0 Å². The molecule has 1 rings (SSSR count). The predicted octanol–water partition coefficient (Wildman–Crippen LogP) is 3.53. The second kappa shape index (κ2) is 6.70. The largest absolute Gasteiger partial charge is 0.317 e. The zero-order chi connectivity index (χ0) is 12.8. The van der Waals surface area contributed by atoms with Gasteiger partial charge in [0, 0.05) is 12.1 Å². The highest BCUT2D eigenvalue weighted by Gasteiger charge is 2.11. The first kappa shape index (κ1) is 14.1. The number of nitrogens with one attached hydrogen (secondary N) is 1. The van der Waals surface area contributed by atoms with Crippen LogP contribution < -0.4 is 5.32 Å². The van der Waals surface area contributed by atoms with Gasteiger partial charge in [0.25, 0.3) is 0 Å². The molecular weight excluding hydrogens is 220 g/mol. The molecule has 0 amide bonds. The number of likely N-dealkylation sites (N-methyl/N-ethyl adjacent to an activating group) is 1. The van der Waals surface area contributed by atoms with Crippen LogP contribution in [0.5, 0.6) is 0 Å². The molecule has 1 unspecified atom stereocenters. The van der Waals surface area contributed by atoms with Gasteiger partial charge in [0.2, 0.25) is 0 Å². The fraction of sp³-hybridized carbons (Fsp3) is 0.571. The average molecular weight is 241 g/mol. The van der Waals surface area contributed by atoms with Gasteiger partial charge in [-0.25, -0.2) is 8.78 Å². The lowest BCUT2D eigenvalue weighted by Gasteiger charge is -2.17. The lowest BCUT2D eigenvalue weighted by atomic mass is 9.97. The van der Waals surface area contributed by atoms with Gasteiger partial charge in [0.1, 0.15) is 11.6 Å². The van der Waals surface area contributed by atoms with E-state index >= 15 is 0 Å². The Morgan fingerprint density at radius 2 is 1.88 bits per heavy atom. The summed E-state index contributed by atoms with van der Waals surface area (Å²) in [4.78, 5) is 0. The van der Waals surface area contributed by atoms with Gasteiger partial charge in [0.15, 0.2) is 0 Å². The summed E-state index contributed by atoms with van der Waals surface area (Å²) >= 11 is 0. The molecule has 0 bridgehead atoms. The summed E-state index contributed by atoms with van der Waals surface area (Å²) in [5.74, 6) is -0.326. The van der Waals surface area contributed by atoms with Gasteiger partial charge in [-0.15, -0.1) is 0 Å². The average Bonchev–Trinajstić information content (AvgIpc) is 2.26. The van der Waals surface area contributed by atoms with E-state index in [9.17, 15) is 8.78 Å². The Kier molecular flexibility index (Phi) is 5.56. The molecule has 1 nitrogen and oxygen atoms in total. The summed E-state index contributed by atoms with van der Waals surface area (Å²) in [6.45, 7) is 4.34. The van der Waals surface area contributed by atoms with Crippen molar-refractivity contribution in [1.82, 2.24) is 5.32 Å². The Hall–Kier alpha value is -0.960. The second-order valence-corrected chi connectivity index (χ2v) is 4.90. The standard InChI is InChI=1S/C14H21F2N/c1-10(2)4-7-13(17-3)8-11-5-6-12(15)9-14(11)16/h5-6,9-10,13,17H,4,7-8H2,1-3H3. The molecule has 96 valence electrons. The summed E-state index contributed by atoms with van der Waals surface area (Å²) in [5.41, 5.74) is 0.578. The number of halogens is 2. The topological polar surface area (TPSA) is 12.0 Å². The molecule has 0 radical (unpaired) electrons. The Morgan fingerprint density at radius 3 is 2.41 bits per heavy atom. The first-order valence-corrected chi connectivity index (χ1v) is 6.14. The third-order valence-electron chi connectivity index (χ3n) is 2.98. The second-order valence-electron chi connectivity index (χ2n) is 4.90. The van der Waals surface area contributed by atoms with Crippen LogP contribution in [-0.2, 0) is 6.42 Å². The number of benzene rings is 1. The molecule has 1 N–H and O–H groups in total. The van der Waals surface area contributed by atoms with E-state index in [0.29, 0.717) is 17.9 Å². The molecule has 0 spiro atoms. The summed E-state index contributed by atoms with van der Waals surface area (Å²) < 4.78 is 26.2. The molecule has 17 heavy (non-hydrogen) atoms. The number of hydrogen-bond donors (Lipinski definition) is 1. The van der Waals surface area contributed by atoms with Crippen molar-refractivity contribution in [3.05, 3.63) is 35.4 Å². The van der Waals surface area contributed by atoms with Crippen LogP contribution >= 0.6 is 0 Å². The van der Waals surface area contributed by atoms with Crippen molar-refractivity contribution >= 4 is 0 Å². The van der Waals surface area contributed by atoms with Crippen molar-refractivity contribution in [2.24, 2.45) is 5.92 Å². The van der Waals surface area contributed by atoms with Crippen molar-refractivity contribution in [2.45, 2.75) is 39.2 Å². The monoisotopic (exact) mass is 241 g/mol. The summed E-state index contributed by atoms with van der Waals surface area (Å²) in [7, 11) is 1.88. The molecule has 0 heterocycles. The van der Waals surface area contributed by atoms with E-state index in [1.54, 1.807) is 0 Å². The summed E-state index contributed by atoms with van der Waals surface area (Å²) in [6.07, 6.45) is 2.72. The molecule has 0 aliphatic rings. The summed E-state index contributed by atoms with van der Waals surface area (Å²) in [5, 5.41) is 3.19. The molecule has 1 atom stereocenters. The first-order valence-electron chi connectivity index (χ1n) is 6.14. The van der Waals surface area contributed by atoms with Crippen molar-refractivity contribution in [3.8, 4) is 0 Å². The molecule has 0 aliphatic carbocycles. The minimum absolute atomic E-state index is 0.248. The molecule has 0 fully saturated rings. The highest BCUT2D eigenvalue weighted by atomic mass is 19.1. The Bertz CT molecular complexity index is 350. The van der Waals surface area contributed by atoms with Gasteiger partial charge in [-0.05, 0) is 43.9 Å². The van der Waals surface area contributed by atoms with Gasteiger partial charge in [-0.2, -0.15) is 0 Å². The van der Waals surface area contributed by atoms with Crippen molar-refractivity contribution in [3.63, 3.8) is 0 Å². The molecule has 0 aliphatic heterocycles. The first-order chi connectivity index (χ1) is 8.02. The van der Waals surface area contributed by atoms with Crippen molar-refractivity contribution in [2.75, 3.05) is 7.05 Å². The van der Waals surface area contributed by atoms with Gasteiger partial charge in [-0.1, -0.05) is 19.9 Å². The van der Waals surface area contributed by atoms with Crippen LogP contribution in [0, 0.1) is 17.6 Å². The normalized spacial score (nSPS) is 13.1. The van der Waals surface area contributed by atoms with Crippen LogP contribution in [-0.4, -0.2) is 13.1 Å². The van der Waals surface area contributed by atoms with E-state index in [1.165, 1.54) is 12.1 Å². The van der Waals surface area contributed by atoms with Crippen LogP contribution in [0.4, 0.5) is 8.78 Å². The fourth-order valence-corrected chi connectivity index (χ4v) is 1.84. The fourth-order valence-electron chi connectivity index (χ4n) is 1.84. The maximum atomic E-state index is 13.5. The Morgan fingerprint density at radius 1 is 1.18 bits per heavy atom. The molecule has 3 heteroatoms. The van der Waals surface area contributed by atoms with E-state index in [1.807, 2.05) is 7.05 Å². The SMILES string of the molecule is CNC(CCC(C)C)Cc1ccc(F)cc1F. The van der Waals surface area contributed by atoms with E-state index in [4.69, 9.17) is 0 Å². The van der Waals surface area contributed by atoms with Gasteiger partial charge in [-0.3, -0.25) is 0 Å². The van der Waals surface area contributed by atoms with E-state index in [2.05, 4.69) is 19.2 Å². The van der Waals surface area contributed by atoms with Crippen LogP contribution in [0.15, 0.2) is 18.2 Å². The van der Waals surface area contributed by atoms with E-state index in [0.717, 1.165) is 18.9 Å². The van der Waals surface area contributed by atoms with Gasteiger partial charge < -0.3 is 5.32 Å². The van der Waals surface area contributed by atoms with Crippen molar-refractivity contribution in [1.29, 1.82) is 0 Å². The predicted molar refractivity (Wildman–Crippen MR) is 67.0 cm³/mol. The minimum atomic E-state index is -0.519. The third-order valence-corrected chi connectivity index (χ3v) is 2.98. The van der Waals surface area contributed by atoms with Crippen LogP contribution in [0.3, 0.4) is 0 Å². The highest BCUT2D eigenvalue weighted by molar-refractivity contribution is 5.19. The molecular formula is C14H21F2N. The van der Waals surface area contributed by atoms with E-state index < -0.39 is 11.6 Å². The smallest absolute Gasteiger partial charge is 0.129 e. The Labute approximate surface area is 102 Å². The maximum absolute atomic E-state index is 13.5. The third kappa shape index (κ3) is 4.82. The quantitative estimate of drug-likeness (QED) is 0.803. The lowest BCUT2D eigenvalue weighted by Crippen LogP contribution is -2.28. The van der Waals surface area contributed by atoms with Gasteiger partial charge in [0.05, 0.1) is 0 Å². The number of rotatable bonds is 6. The Balaban J connectivity index is 2.60. The molecule has 0 aromatic heterocycles. The zero-order valence-corrected chi connectivity index (χ0v) is 10.8. The minimum Gasteiger partial charge on any atom is -0.317 e. The molecule has 1 aromatic rings. The highest BCUT2D eigenvalue weighted by Crippen LogP contribution is 2.15. The van der Waals surface area contributed by atoms with Gasteiger partial charge >= 0.3 is 0 Å². The zero-order valence-electron chi connectivity index (χ0n) is 10.8. The molecule has 0 saturated heterocycles. The van der Waals surface area contributed by atoms with Crippen molar-refractivity contribution < 1.29 is 8.78 Å². The maximum Gasteiger partial charge on any atom is 0.129 e. The van der Waals surface area contributed by atoms with E-state index in [-0.39, 0.29) is 6.04 Å². The molecule has 1 aromatic carbocycles.